The van der Waals surface area contributed by atoms with Crippen LogP contribution in [0.4, 0.5) is 4.39 Å². The first kappa shape index (κ1) is 20.3. The van der Waals surface area contributed by atoms with E-state index in [9.17, 15) is 4.39 Å². The number of hydrogen-bond donors (Lipinski definition) is 1. The summed E-state index contributed by atoms with van der Waals surface area (Å²) in [6, 6.07) is 24.3. The molecule has 3 aromatic carbocycles. The van der Waals surface area contributed by atoms with Gasteiger partial charge in [0.05, 0.1) is 6.54 Å². The fourth-order valence-electron chi connectivity index (χ4n) is 3.24. The molecule has 4 nitrogen and oxygen atoms in total. The Bertz CT molecular complexity index is 1080. The first-order valence-electron chi connectivity index (χ1n) is 9.86. The van der Waals surface area contributed by atoms with Crippen LogP contribution < -0.4 is 5.32 Å². The number of nitrogens with zero attached hydrogens (tertiary/aromatic N) is 3. The van der Waals surface area contributed by atoms with E-state index in [4.69, 9.17) is 21.8 Å². The summed E-state index contributed by atoms with van der Waals surface area (Å²) in [6.07, 6.45) is 0.904. The van der Waals surface area contributed by atoms with Crippen molar-refractivity contribution in [1.29, 1.82) is 0 Å². The number of hydrogen-bond acceptors (Lipinski definition) is 3. The largest absolute Gasteiger partial charge is 0.311 e. The first-order valence-corrected chi connectivity index (χ1v) is 10.2. The molecule has 0 aliphatic heterocycles. The summed E-state index contributed by atoms with van der Waals surface area (Å²) in [5, 5.41) is 13.6. The van der Waals surface area contributed by atoms with Gasteiger partial charge in [0.1, 0.15) is 17.2 Å². The lowest BCUT2D eigenvalue weighted by Gasteiger charge is -2.05. The Kier molecular flexibility index (Phi) is 6.52. The van der Waals surface area contributed by atoms with Gasteiger partial charge in [0.25, 0.3) is 0 Å². The minimum atomic E-state index is -0.247. The predicted molar refractivity (Wildman–Crippen MR) is 118 cm³/mol. The van der Waals surface area contributed by atoms with Gasteiger partial charge in [-0.1, -0.05) is 66.2 Å². The maximum absolute atomic E-state index is 13.2. The molecule has 0 spiro atoms. The third-order valence-electron chi connectivity index (χ3n) is 4.81. The van der Waals surface area contributed by atoms with Gasteiger partial charge in [0.15, 0.2) is 0 Å². The average Bonchev–Trinajstić information content (AvgIpc) is 3.17. The molecule has 0 aliphatic carbocycles. The van der Waals surface area contributed by atoms with E-state index in [1.807, 2.05) is 54.6 Å². The molecule has 0 unspecified atom stereocenters. The fraction of sp³-hybridized carbons (Fsp3) is 0.167. The Morgan fingerprint density at radius 2 is 1.53 bits per heavy atom. The molecule has 4 rings (SSSR count). The van der Waals surface area contributed by atoms with Crippen molar-refractivity contribution >= 4 is 11.6 Å². The van der Waals surface area contributed by atoms with E-state index in [0.717, 1.165) is 40.5 Å². The summed E-state index contributed by atoms with van der Waals surface area (Å²) in [4.78, 5) is 1.67. The van der Waals surface area contributed by atoms with Crippen LogP contribution >= 0.6 is 11.6 Å². The van der Waals surface area contributed by atoms with Crippen LogP contribution in [0.1, 0.15) is 16.8 Å². The Labute approximate surface area is 180 Å². The van der Waals surface area contributed by atoms with Crippen molar-refractivity contribution in [2.45, 2.75) is 19.5 Å². The van der Waals surface area contributed by atoms with Crippen LogP contribution in [0.15, 0.2) is 78.9 Å². The zero-order chi connectivity index (χ0) is 20.8. The fourth-order valence-corrected chi connectivity index (χ4v) is 3.36. The molecule has 0 bridgehead atoms. The second-order valence-electron chi connectivity index (χ2n) is 7.07. The molecule has 6 heteroatoms. The van der Waals surface area contributed by atoms with Crippen LogP contribution in [0, 0.1) is 5.82 Å². The van der Waals surface area contributed by atoms with E-state index in [1.165, 1.54) is 17.7 Å². The SMILES string of the molecule is Fc1ccc(Cn2nc(CNCCc3ccc(Cl)cc3)c(-c3ccccc3)n2)cc1. The van der Waals surface area contributed by atoms with E-state index < -0.39 is 0 Å². The van der Waals surface area contributed by atoms with Crippen molar-refractivity contribution < 1.29 is 4.39 Å². The van der Waals surface area contributed by atoms with Gasteiger partial charge in [-0.05, 0) is 48.4 Å². The maximum Gasteiger partial charge on any atom is 0.123 e. The molecule has 4 aromatic rings. The second kappa shape index (κ2) is 9.65. The topological polar surface area (TPSA) is 42.7 Å². The lowest BCUT2D eigenvalue weighted by molar-refractivity contribution is 0.574. The van der Waals surface area contributed by atoms with Gasteiger partial charge < -0.3 is 5.32 Å². The summed E-state index contributed by atoms with van der Waals surface area (Å²) >= 11 is 5.94. The molecule has 0 radical (unpaired) electrons. The van der Waals surface area contributed by atoms with Gasteiger partial charge in [-0.25, -0.2) is 4.39 Å². The number of halogens is 2. The Hall–Kier alpha value is -3.02. The molecule has 0 atom stereocenters. The van der Waals surface area contributed by atoms with Crippen LogP contribution in [0.5, 0.6) is 0 Å². The van der Waals surface area contributed by atoms with E-state index in [1.54, 1.807) is 16.9 Å². The van der Waals surface area contributed by atoms with Gasteiger partial charge in [0.2, 0.25) is 0 Å². The molecule has 152 valence electrons. The smallest absolute Gasteiger partial charge is 0.123 e. The van der Waals surface area contributed by atoms with Crippen molar-refractivity contribution in [2.75, 3.05) is 6.54 Å². The first-order chi connectivity index (χ1) is 14.7. The van der Waals surface area contributed by atoms with Crippen molar-refractivity contribution in [3.63, 3.8) is 0 Å². The van der Waals surface area contributed by atoms with Crippen molar-refractivity contribution in [2.24, 2.45) is 0 Å². The minimum Gasteiger partial charge on any atom is -0.311 e. The quantitative estimate of drug-likeness (QED) is 0.402. The van der Waals surface area contributed by atoms with Crippen LogP contribution in [0.2, 0.25) is 5.02 Å². The Balaban J connectivity index is 1.46. The van der Waals surface area contributed by atoms with Gasteiger partial charge in [-0.2, -0.15) is 15.0 Å². The highest BCUT2D eigenvalue weighted by Crippen LogP contribution is 2.20. The number of rotatable bonds is 8. The molecule has 0 fully saturated rings. The molecule has 30 heavy (non-hydrogen) atoms. The molecule has 1 N–H and O–H groups in total. The molecule has 0 amide bonds. The van der Waals surface area contributed by atoms with Gasteiger partial charge in [-0.15, -0.1) is 0 Å². The van der Waals surface area contributed by atoms with Gasteiger partial charge in [-0.3, -0.25) is 0 Å². The summed E-state index contributed by atoms with van der Waals surface area (Å²) in [6.45, 7) is 1.92. The monoisotopic (exact) mass is 420 g/mol. The van der Waals surface area contributed by atoms with Crippen molar-refractivity contribution in [3.8, 4) is 11.3 Å². The van der Waals surface area contributed by atoms with Gasteiger partial charge in [0, 0.05) is 17.1 Å². The maximum atomic E-state index is 13.2. The third kappa shape index (κ3) is 5.32. The summed E-state index contributed by atoms with van der Waals surface area (Å²) in [5.41, 5.74) is 4.96. The highest BCUT2D eigenvalue weighted by atomic mass is 35.5. The lowest BCUT2D eigenvalue weighted by Crippen LogP contribution is -2.17. The van der Waals surface area contributed by atoms with Gasteiger partial charge >= 0.3 is 0 Å². The highest BCUT2D eigenvalue weighted by Gasteiger charge is 2.13. The predicted octanol–water partition coefficient (Wildman–Crippen LogP) is 5.12. The second-order valence-corrected chi connectivity index (χ2v) is 7.51. The van der Waals surface area contributed by atoms with Crippen LogP contribution in [-0.2, 0) is 19.5 Å². The van der Waals surface area contributed by atoms with E-state index in [-0.39, 0.29) is 5.82 Å². The van der Waals surface area contributed by atoms with Crippen LogP contribution in [0.3, 0.4) is 0 Å². The van der Waals surface area contributed by atoms with Crippen molar-refractivity contribution in [1.82, 2.24) is 20.3 Å². The highest BCUT2D eigenvalue weighted by molar-refractivity contribution is 6.30. The standard InChI is InChI=1S/C24H22ClFN4/c25-21-10-6-18(7-11-21)14-15-27-16-23-24(20-4-2-1-3-5-20)29-30(28-23)17-19-8-12-22(26)13-9-19/h1-13,27H,14-17H2. The summed E-state index contributed by atoms with van der Waals surface area (Å²) < 4.78 is 13.2. The third-order valence-corrected chi connectivity index (χ3v) is 5.06. The molecule has 0 saturated heterocycles. The zero-order valence-corrected chi connectivity index (χ0v) is 17.2. The van der Waals surface area contributed by atoms with E-state index in [0.29, 0.717) is 13.1 Å². The van der Waals surface area contributed by atoms with E-state index >= 15 is 0 Å². The summed E-state index contributed by atoms with van der Waals surface area (Å²) in [5.74, 6) is -0.247. The summed E-state index contributed by atoms with van der Waals surface area (Å²) in [7, 11) is 0. The number of benzene rings is 3. The average molecular weight is 421 g/mol. The number of aromatic nitrogens is 3. The molecular weight excluding hydrogens is 399 g/mol. The Morgan fingerprint density at radius 3 is 2.27 bits per heavy atom. The lowest BCUT2D eigenvalue weighted by atomic mass is 10.1. The molecule has 0 aliphatic rings. The molecule has 1 heterocycles. The zero-order valence-electron chi connectivity index (χ0n) is 16.4. The minimum absolute atomic E-state index is 0.247. The number of nitrogens with one attached hydrogen (secondary N) is 1. The normalized spacial score (nSPS) is 11.0. The molecule has 1 aromatic heterocycles. The Morgan fingerprint density at radius 1 is 0.833 bits per heavy atom. The van der Waals surface area contributed by atoms with Crippen LogP contribution in [0.25, 0.3) is 11.3 Å². The van der Waals surface area contributed by atoms with Crippen molar-refractivity contribution in [3.05, 3.63) is 107 Å². The molecule has 0 saturated carbocycles. The molecular formula is C24H22ClFN4. The van der Waals surface area contributed by atoms with E-state index in [2.05, 4.69) is 5.32 Å². The van der Waals surface area contributed by atoms with Crippen LogP contribution in [-0.4, -0.2) is 21.5 Å².